The molecule has 0 aliphatic carbocycles. The van der Waals surface area contributed by atoms with Crippen LogP contribution in [-0.4, -0.2) is 38.6 Å². The van der Waals surface area contributed by atoms with E-state index in [1.165, 1.54) is 0 Å². The van der Waals surface area contributed by atoms with Gasteiger partial charge in [0, 0.05) is 17.6 Å². The van der Waals surface area contributed by atoms with Crippen LogP contribution in [0.5, 0.6) is 17.2 Å². The van der Waals surface area contributed by atoms with Gasteiger partial charge in [0.05, 0.1) is 14.2 Å². The van der Waals surface area contributed by atoms with Crippen molar-refractivity contribution in [1.82, 2.24) is 5.32 Å². The van der Waals surface area contributed by atoms with E-state index in [-0.39, 0.29) is 25.1 Å². The van der Waals surface area contributed by atoms with Gasteiger partial charge in [0.15, 0.2) is 11.5 Å². The van der Waals surface area contributed by atoms with E-state index in [9.17, 15) is 5.11 Å². The Balaban J connectivity index is 0.00000338. The van der Waals surface area contributed by atoms with Gasteiger partial charge in [0.25, 0.3) is 0 Å². The molecule has 26 heavy (non-hydrogen) atoms. The van der Waals surface area contributed by atoms with Crippen LogP contribution in [0.1, 0.15) is 18.5 Å². The summed E-state index contributed by atoms with van der Waals surface area (Å²) < 4.78 is 16.3. The summed E-state index contributed by atoms with van der Waals surface area (Å²) in [4.78, 5) is 0. The number of nitrogens with one attached hydrogen (secondary N) is 1. The molecule has 0 spiro atoms. The number of halogens is 2. The highest BCUT2D eigenvalue weighted by atomic mass is 35.5. The van der Waals surface area contributed by atoms with E-state index in [0.29, 0.717) is 28.8 Å². The Kier molecular flexibility index (Phi) is 9.59. The Labute approximate surface area is 165 Å². The van der Waals surface area contributed by atoms with E-state index >= 15 is 0 Å². The zero-order valence-electron chi connectivity index (χ0n) is 15.1. The number of para-hydroxylation sites is 1. The number of methoxy groups -OCH3 is 2. The summed E-state index contributed by atoms with van der Waals surface area (Å²) in [6.45, 7) is 2.51. The van der Waals surface area contributed by atoms with Gasteiger partial charge in [0.1, 0.15) is 12.7 Å². The topological polar surface area (TPSA) is 60.0 Å². The third-order valence-corrected chi connectivity index (χ3v) is 4.05. The predicted octanol–water partition coefficient (Wildman–Crippen LogP) is 3.87. The largest absolute Gasteiger partial charge is 0.493 e. The molecule has 0 saturated carbocycles. The van der Waals surface area contributed by atoms with Gasteiger partial charge in [-0.2, -0.15) is 0 Å². The molecule has 0 bridgehead atoms. The van der Waals surface area contributed by atoms with Crippen LogP contribution in [0.2, 0.25) is 5.02 Å². The SMILES string of the molecule is COc1cccc(OC)c1OCC(O)CNC(C)c1cccc(Cl)c1.Cl. The summed E-state index contributed by atoms with van der Waals surface area (Å²) in [5.41, 5.74) is 1.06. The van der Waals surface area contributed by atoms with E-state index in [1.807, 2.05) is 37.3 Å². The van der Waals surface area contributed by atoms with Gasteiger partial charge in [-0.15, -0.1) is 12.4 Å². The highest BCUT2D eigenvalue weighted by molar-refractivity contribution is 6.30. The maximum absolute atomic E-state index is 10.2. The minimum Gasteiger partial charge on any atom is -0.493 e. The summed E-state index contributed by atoms with van der Waals surface area (Å²) in [7, 11) is 3.12. The van der Waals surface area contributed by atoms with Crippen molar-refractivity contribution < 1.29 is 19.3 Å². The molecule has 2 aromatic rings. The fourth-order valence-corrected chi connectivity index (χ4v) is 2.60. The Morgan fingerprint density at radius 2 is 1.69 bits per heavy atom. The first-order valence-electron chi connectivity index (χ1n) is 8.05. The normalized spacial score (nSPS) is 12.7. The van der Waals surface area contributed by atoms with Gasteiger partial charge < -0.3 is 24.6 Å². The molecule has 144 valence electrons. The number of aliphatic hydroxyl groups is 1. The van der Waals surface area contributed by atoms with Gasteiger partial charge in [-0.3, -0.25) is 0 Å². The van der Waals surface area contributed by atoms with Crippen LogP contribution >= 0.6 is 24.0 Å². The fraction of sp³-hybridized carbons (Fsp3) is 0.368. The lowest BCUT2D eigenvalue weighted by atomic mass is 10.1. The summed E-state index contributed by atoms with van der Waals surface area (Å²) >= 11 is 6.01. The van der Waals surface area contributed by atoms with Crippen molar-refractivity contribution in [1.29, 1.82) is 0 Å². The van der Waals surface area contributed by atoms with E-state index in [0.717, 1.165) is 5.56 Å². The molecule has 0 aliphatic rings. The average Bonchev–Trinajstić information content (AvgIpc) is 2.63. The molecule has 0 heterocycles. The molecule has 2 unspecified atom stereocenters. The standard InChI is InChI=1S/C19H24ClNO4.ClH/c1-13(14-6-4-7-15(20)10-14)21-11-16(22)12-25-19-17(23-2)8-5-9-18(19)24-3;/h4-10,13,16,21-22H,11-12H2,1-3H3;1H. The van der Waals surface area contributed by atoms with E-state index < -0.39 is 6.10 Å². The molecule has 0 amide bonds. The lowest BCUT2D eigenvalue weighted by Crippen LogP contribution is -2.33. The molecular formula is C19H25Cl2NO4. The number of rotatable bonds is 9. The van der Waals surface area contributed by atoms with Gasteiger partial charge >= 0.3 is 0 Å². The third kappa shape index (κ3) is 6.25. The first-order valence-corrected chi connectivity index (χ1v) is 8.43. The molecule has 2 rings (SSSR count). The Morgan fingerprint density at radius 3 is 2.27 bits per heavy atom. The minimum absolute atomic E-state index is 0. The van der Waals surface area contributed by atoms with Crippen molar-refractivity contribution in [3.63, 3.8) is 0 Å². The molecule has 2 N–H and O–H groups in total. The van der Waals surface area contributed by atoms with Crippen LogP contribution in [0, 0.1) is 0 Å². The van der Waals surface area contributed by atoms with Crippen molar-refractivity contribution in [2.45, 2.75) is 19.1 Å². The molecule has 0 fully saturated rings. The average molecular weight is 402 g/mol. The van der Waals surface area contributed by atoms with E-state index in [2.05, 4.69) is 5.32 Å². The maximum Gasteiger partial charge on any atom is 0.203 e. The zero-order valence-corrected chi connectivity index (χ0v) is 16.6. The highest BCUT2D eigenvalue weighted by Crippen LogP contribution is 2.36. The molecule has 5 nitrogen and oxygen atoms in total. The molecular weight excluding hydrogens is 377 g/mol. The molecule has 2 atom stereocenters. The van der Waals surface area contributed by atoms with Gasteiger partial charge in [-0.25, -0.2) is 0 Å². The number of hydrogen-bond acceptors (Lipinski definition) is 5. The summed E-state index contributed by atoms with van der Waals surface area (Å²) in [5.74, 6) is 1.60. The first-order chi connectivity index (χ1) is 12.0. The van der Waals surface area contributed by atoms with Crippen molar-refractivity contribution >= 4 is 24.0 Å². The van der Waals surface area contributed by atoms with E-state index in [1.54, 1.807) is 26.4 Å². The Morgan fingerprint density at radius 1 is 1.08 bits per heavy atom. The van der Waals surface area contributed by atoms with Crippen LogP contribution < -0.4 is 19.5 Å². The number of ether oxygens (including phenoxy) is 3. The maximum atomic E-state index is 10.2. The zero-order chi connectivity index (χ0) is 18.2. The monoisotopic (exact) mass is 401 g/mol. The van der Waals surface area contributed by atoms with Crippen LogP contribution in [0.3, 0.4) is 0 Å². The first kappa shape index (κ1) is 22.4. The predicted molar refractivity (Wildman–Crippen MR) is 106 cm³/mol. The number of aliphatic hydroxyl groups excluding tert-OH is 1. The lowest BCUT2D eigenvalue weighted by molar-refractivity contribution is 0.100. The molecule has 0 aliphatic heterocycles. The minimum atomic E-state index is -0.684. The smallest absolute Gasteiger partial charge is 0.203 e. The Bertz CT molecular complexity index is 662. The molecule has 7 heteroatoms. The second-order valence-corrected chi connectivity index (χ2v) is 6.08. The second-order valence-electron chi connectivity index (χ2n) is 5.64. The quantitative estimate of drug-likeness (QED) is 0.667. The van der Waals surface area contributed by atoms with Gasteiger partial charge in [0.2, 0.25) is 5.75 Å². The summed E-state index contributed by atoms with van der Waals surface area (Å²) in [6.07, 6.45) is -0.684. The van der Waals surface area contributed by atoms with Crippen LogP contribution in [-0.2, 0) is 0 Å². The summed E-state index contributed by atoms with van der Waals surface area (Å²) in [6, 6.07) is 13.1. The number of hydrogen-bond donors (Lipinski definition) is 2. The molecule has 0 saturated heterocycles. The van der Waals surface area contributed by atoms with Crippen LogP contribution in [0.15, 0.2) is 42.5 Å². The fourth-order valence-electron chi connectivity index (χ4n) is 2.40. The lowest BCUT2D eigenvalue weighted by Gasteiger charge is -2.19. The summed E-state index contributed by atoms with van der Waals surface area (Å²) in [5, 5.41) is 14.2. The van der Waals surface area contributed by atoms with Crippen LogP contribution in [0.25, 0.3) is 0 Å². The Hall–Kier alpha value is -1.66. The highest BCUT2D eigenvalue weighted by Gasteiger charge is 2.14. The second kappa shape index (κ2) is 11.1. The molecule has 2 aromatic carbocycles. The van der Waals surface area contributed by atoms with Crippen molar-refractivity contribution in [3.8, 4) is 17.2 Å². The third-order valence-electron chi connectivity index (χ3n) is 3.81. The van der Waals surface area contributed by atoms with E-state index in [4.69, 9.17) is 25.8 Å². The van der Waals surface area contributed by atoms with Gasteiger partial charge in [-0.05, 0) is 36.8 Å². The molecule has 0 aromatic heterocycles. The number of benzene rings is 2. The van der Waals surface area contributed by atoms with Crippen molar-refractivity contribution in [2.75, 3.05) is 27.4 Å². The van der Waals surface area contributed by atoms with Gasteiger partial charge in [-0.1, -0.05) is 29.8 Å². The van der Waals surface area contributed by atoms with Crippen molar-refractivity contribution in [2.24, 2.45) is 0 Å². The van der Waals surface area contributed by atoms with Crippen LogP contribution in [0.4, 0.5) is 0 Å². The molecule has 0 radical (unpaired) electrons. The van der Waals surface area contributed by atoms with Crippen molar-refractivity contribution in [3.05, 3.63) is 53.1 Å².